The molecule has 0 aliphatic carbocycles. The molecule has 5 heteroatoms. The summed E-state index contributed by atoms with van der Waals surface area (Å²) in [5.41, 5.74) is 1.50. The lowest BCUT2D eigenvalue weighted by molar-refractivity contribution is -0.385. The van der Waals surface area contributed by atoms with Crippen LogP contribution in [0.15, 0.2) is 42.6 Å². The van der Waals surface area contributed by atoms with E-state index in [0.717, 1.165) is 0 Å². The smallest absolute Gasteiger partial charge is 0.272 e. The van der Waals surface area contributed by atoms with Gasteiger partial charge in [0.05, 0.1) is 10.6 Å². The molecule has 0 aliphatic heterocycles. The third-order valence-electron chi connectivity index (χ3n) is 2.71. The van der Waals surface area contributed by atoms with Gasteiger partial charge in [-0.25, -0.2) is 0 Å². The minimum atomic E-state index is -0.953. The summed E-state index contributed by atoms with van der Waals surface area (Å²) in [4.78, 5) is 14.4. The molecule has 1 N–H and O–H groups in total. The molecule has 0 aliphatic rings. The summed E-state index contributed by atoms with van der Waals surface area (Å²) >= 11 is 0. The first-order chi connectivity index (χ1) is 8.59. The average Bonchev–Trinajstić information content (AvgIpc) is 2.39. The molecule has 0 fully saturated rings. The molecule has 18 heavy (non-hydrogen) atoms. The largest absolute Gasteiger partial charge is 0.382 e. The molecule has 0 spiro atoms. The Bertz CT molecular complexity index is 570. The van der Waals surface area contributed by atoms with Crippen LogP contribution in [0.2, 0.25) is 0 Å². The Balaban J connectivity index is 2.40. The molecule has 1 atom stereocenters. The number of nitrogens with zero attached hydrogens (tertiary/aromatic N) is 2. The van der Waals surface area contributed by atoms with E-state index in [4.69, 9.17) is 0 Å². The molecule has 2 aromatic rings. The summed E-state index contributed by atoms with van der Waals surface area (Å²) in [6.45, 7) is 1.66. The lowest BCUT2D eigenvalue weighted by Crippen LogP contribution is -2.03. The normalized spacial score (nSPS) is 12.1. The minimum Gasteiger partial charge on any atom is -0.382 e. The van der Waals surface area contributed by atoms with Crippen LogP contribution in [-0.2, 0) is 0 Å². The van der Waals surface area contributed by atoms with E-state index in [1.807, 2.05) is 0 Å². The van der Waals surface area contributed by atoms with Crippen molar-refractivity contribution >= 4 is 5.69 Å². The van der Waals surface area contributed by atoms with Crippen molar-refractivity contribution in [2.24, 2.45) is 0 Å². The Morgan fingerprint density at radius 1 is 1.33 bits per heavy atom. The molecule has 1 heterocycles. The molecule has 0 saturated heterocycles. The predicted molar refractivity (Wildman–Crippen MR) is 66.1 cm³/mol. The van der Waals surface area contributed by atoms with Gasteiger partial charge in [-0.05, 0) is 24.6 Å². The van der Waals surface area contributed by atoms with E-state index in [0.29, 0.717) is 16.8 Å². The van der Waals surface area contributed by atoms with Crippen molar-refractivity contribution in [1.82, 2.24) is 4.98 Å². The van der Waals surface area contributed by atoms with E-state index in [1.54, 1.807) is 43.5 Å². The van der Waals surface area contributed by atoms with Crippen LogP contribution in [0, 0.1) is 17.0 Å². The molecule has 5 nitrogen and oxygen atoms in total. The van der Waals surface area contributed by atoms with Gasteiger partial charge in [0.2, 0.25) is 0 Å². The first-order valence-electron chi connectivity index (χ1n) is 5.43. The first kappa shape index (κ1) is 12.2. The number of aliphatic hydroxyl groups excluding tert-OH is 1. The molecule has 0 bridgehead atoms. The van der Waals surface area contributed by atoms with Crippen LogP contribution in [0.1, 0.15) is 22.9 Å². The van der Waals surface area contributed by atoms with Gasteiger partial charge in [0.1, 0.15) is 6.10 Å². The van der Waals surface area contributed by atoms with Gasteiger partial charge in [-0.1, -0.05) is 18.2 Å². The zero-order chi connectivity index (χ0) is 13.1. The van der Waals surface area contributed by atoms with Gasteiger partial charge in [-0.3, -0.25) is 15.1 Å². The summed E-state index contributed by atoms with van der Waals surface area (Å²) in [6.07, 6.45) is 0.617. The van der Waals surface area contributed by atoms with Gasteiger partial charge in [0.15, 0.2) is 0 Å². The highest BCUT2D eigenvalue weighted by atomic mass is 16.6. The Hall–Kier alpha value is -2.27. The standard InChI is InChI=1S/C13H12N2O3/c1-9-5-6-10(8-12(9)15(17)18)13(16)11-4-2-3-7-14-11/h2-8,13,16H,1H3/t13-/m1/s1. The molecule has 0 saturated carbocycles. The van der Waals surface area contributed by atoms with E-state index in [1.165, 1.54) is 6.07 Å². The number of aromatic nitrogens is 1. The summed E-state index contributed by atoms with van der Waals surface area (Å²) in [5.74, 6) is 0. The van der Waals surface area contributed by atoms with E-state index < -0.39 is 11.0 Å². The van der Waals surface area contributed by atoms with Crippen LogP contribution in [0.5, 0.6) is 0 Å². The molecule has 1 aromatic heterocycles. The molecule has 92 valence electrons. The van der Waals surface area contributed by atoms with Gasteiger partial charge in [-0.2, -0.15) is 0 Å². The maximum absolute atomic E-state index is 10.8. The number of rotatable bonds is 3. The third-order valence-corrected chi connectivity index (χ3v) is 2.71. The van der Waals surface area contributed by atoms with Crippen LogP contribution >= 0.6 is 0 Å². The second-order valence-electron chi connectivity index (χ2n) is 3.96. The molecular formula is C13H12N2O3. The van der Waals surface area contributed by atoms with Crippen molar-refractivity contribution in [3.8, 4) is 0 Å². The van der Waals surface area contributed by atoms with Gasteiger partial charge in [-0.15, -0.1) is 0 Å². The topological polar surface area (TPSA) is 76.3 Å². The Morgan fingerprint density at radius 2 is 2.11 bits per heavy atom. The van der Waals surface area contributed by atoms with Crippen molar-refractivity contribution in [3.63, 3.8) is 0 Å². The fraction of sp³-hybridized carbons (Fsp3) is 0.154. The average molecular weight is 244 g/mol. The van der Waals surface area contributed by atoms with E-state index in [-0.39, 0.29) is 5.69 Å². The minimum absolute atomic E-state index is 0.00230. The highest BCUT2D eigenvalue weighted by molar-refractivity contribution is 5.44. The fourth-order valence-corrected chi connectivity index (χ4v) is 1.70. The Labute approximate surface area is 104 Å². The van der Waals surface area contributed by atoms with Crippen molar-refractivity contribution < 1.29 is 10.0 Å². The van der Waals surface area contributed by atoms with Crippen LogP contribution < -0.4 is 0 Å². The SMILES string of the molecule is Cc1ccc([C@@H](O)c2ccccn2)cc1[N+](=O)[O-]. The lowest BCUT2D eigenvalue weighted by Gasteiger charge is -2.10. The first-order valence-corrected chi connectivity index (χ1v) is 5.43. The summed E-state index contributed by atoms with van der Waals surface area (Å²) in [7, 11) is 0. The number of benzene rings is 1. The highest BCUT2D eigenvalue weighted by Gasteiger charge is 2.17. The second kappa shape index (κ2) is 4.93. The maximum Gasteiger partial charge on any atom is 0.272 e. The van der Waals surface area contributed by atoms with Gasteiger partial charge < -0.3 is 5.11 Å². The fourth-order valence-electron chi connectivity index (χ4n) is 1.70. The zero-order valence-electron chi connectivity index (χ0n) is 9.78. The van der Waals surface area contributed by atoms with Gasteiger partial charge >= 0.3 is 0 Å². The van der Waals surface area contributed by atoms with Crippen LogP contribution in [0.25, 0.3) is 0 Å². The number of hydrogen-bond acceptors (Lipinski definition) is 4. The molecule has 2 rings (SSSR count). The maximum atomic E-state index is 10.8. The predicted octanol–water partition coefficient (Wildman–Crippen LogP) is 2.38. The summed E-state index contributed by atoms with van der Waals surface area (Å²) in [6, 6.07) is 9.86. The van der Waals surface area contributed by atoms with Crippen molar-refractivity contribution in [2.75, 3.05) is 0 Å². The quantitative estimate of drug-likeness (QED) is 0.664. The van der Waals surface area contributed by atoms with E-state index in [9.17, 15) is 15.2 Å². The van der Waals surface area contributed by atoms with Gasteiger partial charge in [0, 0.05) is 17.8 Å². The number of aliphatic hydroxyl groups is 1. The zero-order valence-corrected chi connectivity index (χ0v) is 9.78. The molecular weight excluding hydrogens is 232 g/mol. The van der Waals surface area contributed by atoms with Gasteiger partial charge in [0.25, 0.3) is 5.69 Å². The molecule has 0 unspecified atom stereocenters. The van der Waals surface area contributed by atoms with E-state index in [2.05, 4.69) is 4.98 Å². The number of nitro benzene ring substituents is 1. The second-order valence-corrected chi connectivity index (χ2v) is 3.96. The number of nitro groups is 1. The molecule has 0 radical (unpaired) electrons. The number of hydrogen-bond donors (Lipinski definition) is 1. The number of aryl methyl sites for hydroxylation is 1. The van der Waals surface area contributed by atoms with Crippen molar-refractivity contribution in [2.45, 2.75) is 13.0 Å². The summed E-state index contributed by atoms with van der Waals surface area (Å²) < 4.78 is 0. The van der Waals surface area contributed by atoms with Crippen molar-refractivity contribution in [1.29, 1.82) is 0 Å². The Morgan fingerprint density at radius 3 is 2.72 bits per heavy atom. The van der Waals surface area contributed by atoms with Crippen LogP contribution in [0.4, 0.5) is 5.69 Å². The third kappa shape index (κ3) is 2.36. The van der Waals surface area contributed by atoms with Crippen LogP contribution in [0.3, 0.4) is 0 Å². The van der Waals surface area contributed by atoms with Crippen LogP contribution in [-0.4, -0.2) is 15.0 Å². The van der Waals surface area contributed by atoms with Crippen molar-refractivity contribution in [3.05, 3.63) is 69.5 Å². The monoisotopic (exact) mass is 244 g/mol. The van der Waals surface area contributed by atoms with E-state index >= 15 is 0 Å². The Kier molecular flexibility index (Phi) is 3.34. The molecule has 0 amide bonds. The number of pyridine rings is 1. The molecule has 1 aromatic carbocycles. The lowest BCUT2D eigenvalue weighted by atomic mass is 10.0. The highest BCUT2D eigenvalue weighted by Crippen LogP contribution is 2.26. The summed E-state index contributed by atoms with van der Waals surface area (Å²) in [5, 5.41) is 20.9.